The van der Waals surface area contributed by atoms with Crippen molar-refractivity contribution in [2.24, 2.45) is 0 Å². The molecule has 268 valence electrons. The SMILES string of the molecule is COc1cccc(CN(C(=O)CN(c2ccc(Oc3ccccc3)cc2)S(=O)(=O)c2ccccc2)[C@@H](Cc2ccccc2)C(=O)NC2CCCC2)c1. The van der Waals surface area contributed by atoms with E-state index >= 15 is 0 Å². The lowest BCUT2D eigenvalue weighted by atomic mass is 10.0. The molecule has 1 atom stereocenters. The van der Waals surface area contributed by atoms with Crippen molar-refractivity contribution in [3.8, 4) is 17.2 Å². The Morgan fingerprint density at radius 1 is 0.731 bits per heavy atom. The lowest BCUT2D eigenvalue weighted by molar-refractivity contribution is -0.140. The van der Waals surface area contributed by atoms with E-state index in [0.29, 0.717) is 17.2 Å². The average Bonchev–Trinajstić information content (AvgIpc) is 3.70. The molecule has 1 saturated carbocycles. The molecule has 1 aliphatic rings. The number of benzene rings is 5. The van der Waals surface area contributed by atoms with Gasteiger partial charge in [-0.25, -0.2) is 8.42 Å². The number of nitrogens with one attached hydrogen (secondary N) is 1. The van der Waals surface area contributed by atoms with Gasteiger partial charge in [-0.05, 0) is 84.6 Å². The number of amides is 2. The second-order valence-corrected chi connectivity index (χ2v) is 14.7. The molecule has 10 heteroatoms. The number of rotatable bonds is 15. The molecule has 0 spiro atoms. The zero-order valence-electron chi connectivity index (χ0n) is 29.1. The highest BCUT2D eigenvalue weighted by atomic mass is 32.2. The van der Waals surface area contributed by atoms with Crippen LogP contribution in [0.3, 0.4) is 0 Å². The Labute approximate surface area is 305 Å². The van der Waals surface area contributed by atoms with Crippen LogP contribution in [0.4, 0.5) is 5.69 Å². The molecule has 5 aromatic rings. The maximum absolute atomic E-state index is 14.8. The molecular weight excluding hydrogens is 675 g/mol. The molecule has 0 unspecified atom stereocenters. The largest absolute Gasteiger partial charge is 0.497 e. The van der Waals surface area contributed by atoms with Crippen LogP contribution in [0.2, 0.25) is 0 Å². The number of para-hydroxylation sites is 1. The number of anilines is 1. The Morgan fingerprint density at radius 3 is 1.96 bits per heavy atom. The third-order valence-corrected chi connectivity index (χ3v) is 11.0. The van der Waals surface area contributed by atoms with Gasteiger partial charge in [-0.1, -0.05) is 91.7 Å². The van der Waals surface area contributed by atoms with Crippen molar-refractivity contribution in [3.05, 3.63) is 151 Å². The standard InChI is InChI=1S/C42H43N3O6S/c1-50-38-21-13-16-33(28-38)30-44(40(29-32-14-5-2-6-15-32)42(47)43-34-17-11-12-18-34)41(46)31-45(52(48,49)39-22-9-4-10-23-39)35-24-26-37(27-25-35)51-36-19-7-3-8-20-36/h2-10,13-16,19-28,34,40H,11-12,17-18,29-31H2,1H3,(H,43,47)/t40-/m0/s1. The predicted molar refractivity (Wildman–Crippen MR) is 202 cm³/mol. The first-order valence-corrected chi connectivity index (χ1v) is 18.9. The van der Waals surface area contributed by atoms with Gasteiger partial charge in [0.25, 0.3) is 10.0 Å². The Bertz CT molecular complexity index is 2020. The van der Waals surface area contributed by atoms with Gasteiger partial charge in [-0.3, -0.25) is 13.9 Å². The van der Waals surface area contributed by atoms with Crippen LogP contribution in [-0.2, 0) is 32.6 Å². The number of carbonyl (C=O) groups is 2. The monoisotopic (exact) mass is 717 g/mol. The van der Waals surface area contributed by atoms with Crippen LogP contribution in [0, 0.1) is 0 Å². The van der Waals surface area contributed by atoms with Gasteiger partial charge in [0.15, 0.2) is 0 Å². The summed E-state index contributed by atoms with van der Waals surface area (Å²) in [6.07, 6.45) is 4.05. The van der Waals surface area contributed by atoms with E-state index in [2.05, 4.69) is 5.32 Å². The molecule has 1 N–H and O–H groups in total. The summed E-state index contributed by atoms with van der Waals surface area (Å²) < 4.78 is 41.3. The lowest BCUT2D eigenvalue weighted by Crippen LogP contribution is -2.54. The summed E-state index contributed by atoms with van der Waals surface area (Å²) in [5.74, 6) is 0.935. The molecule has 6 rings (SSSR count). The summed E-state index contributed by atoms with van der Waals surface area (Å²) in [6.45, 7) is -0.503. The molecule has 52 heavy (non-hydrogen) atoms. The van der Waals surface area contributed by atoms with Gasteiger partial charge in [-0.2, -0.15) is 0 Å². The van der Waals surface area contributed by atoms with E-state index in [9.17, 15) is 18.0 Å². The van der Waals surface area contributed by atoms with Crippen LogP contribution >= 0.6 is 0 Å². The van der Waals surface area contributed by atoms with E-state index in [-0.39, 0.29) is 35.5 Å². The molecule has 0 aromatic heterocycles. The second-order valence-electron chi connectivity index (χ2n) is 12.8. The van der Waals surface area contributed by atoms with Gasteiger partial charge in [0, 0.05) is 19.0 Å². The Morgan fingerprint density at radius 2 is 1.31 bits per heavy atom. The molecule has 0 saturated heterocycles. The molecule has 1 aliphatic carbocycles. The van der Waals surface area contributed by atoms with E-state index in [0.717, 1.165) is 41.1 Å². The number of hydrogen-bond donors (Lipinski definition) is 1. The molecular formula is C42H43N3O6S. The Kier molecular flexibility index (Phi) is 11.9. The molecule has 0 radical (unpaired) electrons. The minimum absolute atomic E-state index is 0.0196. The highest BCUT2D eigenvalue weighted by molar-refractivity contribution is 7.92. The fraction of sp³-hybridized carbons (Fsp3) is 0.238. The van der Waals surface area contributed by atoms with Gasteiger partial charge >= 0.3 is 0 Å². The topological polar surface area (TPSA) is 105 Å². The first-order chi connectivity index (χ1) is 25.3. The van der Waals surface area contributed by atoms with Crippen molar-refractivity contribution in [1.29, 1.82) is 0 Å². The summed E-state index contributed by atoms with van der Waals surface area (Å²) in [4.78, 5) is 30.6. The summed E-state index contributed by atoms with van der Waals surface area (Å²) in [7, 11) is -2.67. The lowest BCUT2D eigenvalue weighted by Gasteiger charge is -2.34. The summed E-state index contributed by atoms with van der Waals surface area (Å²) >= 11 is 0. The van der Waals surface area contributed by atoms with Crippen molar-refractivity contribution in [2.45, 2.75) is 55.6 Å². The highest BCUT2D eigenvalue weighted by Gasteiger charge is 2.35. The van der Waals surface area contributed by atoms with Crippen LogP contribution in [0.25, 0.3) is 0 Å². The Hall–Kier alpha value is -5.61. The minimum atomic E-state index is -4.24. The normalized spacial score (nSPS) is 13.6. The Balaban J connectivity index is 1.38. The highest BCUT2D eigenvalue weighted by Crippen LogP contribution is 2.29. The molecule has 5 aromatic carbocycles. The predicted octanol–water partition coefficient (Wildman–Crippen LogP) is 7.38. The van der Waals surface area contributed by atoms with E-state index in [4.69, 9.17) is 9.47 Å². The third kappa shape index (κ3) is 9.18. The van der Waals surface area contributed by atoms with Crippen LogP contribution in [0.15, 0.2) is 144 Å². The number of methoxy groups -OCH3 is 1. The van der Waals surface area contributed by atoms with Crippen LogP contribution < -0.4 is 19.1 Å². The van der Waals surface area contributed by atoms with Crippen molar-refractivity contribution in [3.63, 3.8) is 0 Å². The zero-order chi connectivity index (χ0) is 36.3. The maximum Gasteiger partial charge on any atom is 0.264 e. The quantitative estimate of drug-likeness (QED) is 0.121. The van der Waals surface area contributed by atoms with Gasteiger partial charge in [0.1, 0.15) is 29.8 Å². The number of sulfonamides is 1. The molecule has 0 heterocycles. The van der Waals surface area contributed by atoms with Gasteiger partial charge in [0.05, 0.1) is 17.7 Å². The van der Waals surface area contributed by atoms with Crippen LogP contribution in [0.5, 0.6) is 17.2 Å². The fourth-order valence-electron chi connectivity index (χ4n) is 6.44. The molecule has 0 aliphatic heterocycles. The second kappa shape index (κ2) is 17.1. The fourth-order valence-corrected chi connectivity index (χ4v) is 7.88. The molecule has 2 amide bonds. The van der Waals surface area contributed by atoms with Gasteiger partial charge in [-0.15, -0.1) is 0 Å². The molecule has 9 nitrogen and oxygen atoms in total. The number of ether oxygens (including phenoxy) is 2. The number of hydrogen-bond acceptors (Lipinski definition) is 6. The van der Waals surface area contributed by atoms with Crippen LogP contribution in [0.1, 0.15) is 36.8 Å². The van der Waals surface area contributed by atoms with Crippen molar-refractivity contribution in [1.82, 2.24) is 10.2 Å². The van der Waals surface area contributed by atoms with Gasteiger partial charge < -0.3 is 19.7 Å². The third-order valence-electron chi connectivity index (χ3n) is 9.17. The van der Waals surface area contributed by atoms with E-state index in [1.54, 1.807) is 49.6 Å². The number of carbonyl (C=O) groups excluding carboxylic acids is 2. The number of nitrogens with zero attached hydrogens (tertiary/aromatic N) is 2. The smallest absolute Gasteiger partial charge is 0.264 e. The average molecular weight is 718 g/mol. The first-order valence-electron chi connectivity index (χ1n) is 17.5. The summed E-state index contributed by atoms with van der Waals surface area (Å²) in [5, 5.41) is 3.21. The summed E-state index contributed by atoms with van der Waals surface area (Å²) in [5.41, 5.74) is 1.88. The molecule has 1 fully saturated rings. The van der Waals surface area contributed by atoms with Crippen molar-refractivity contribution in [2.75, 3.05) is 18.0 Å². The summed E-state index contributed by atoms with van der Waals surface area (Å²) in [6, 6.07) is 39.8. The van der Waals surface area contributed by atoms with Crippen molar-refractivity contribution < 1.29 is 27.5 Å². The minimum Gasteiger partial charge on any atom is -0.497 e. The first kappa shape index (κ1) is 36.2. The molecule has 0 bridgehead atoms. The van der Waals surface area contributed by atoms with E-state index in [1.165, 1.54) is 17.0 Å². The van der Waals surface area contributed by atoms with E-state index in [1.807, 2.05) is 84.9 Å². The van der Waals surface area contributed by atoms with Crippen LogP contribution in [-0.4, -0.2) is 50.9 Å². The van der Waals surface area contributed by atoms with Gasteiger partial charge in [0.2, 0.25) is 11.8 Å². The maximum atomic E-state index is 14.8. The zero-order valence-corrected chi connectivity index (χ0v) is 30.0. The van der Waals surface area contributed by atoms with E-state index < -0.39 is 28.5 Å². The van der Waals surface area contributed by atoms with Crippen molar-refractivity contribution >= 4 is 27.5 Å².